The van der Waals surface area contributed by atoms with Gasteiger partial charge in [-0.25, -0.2) is 4.99 Å². The van der Waals surface area contributed by atoms with Gasteiger partial charge in [0.15, 0.2) is 4.80 Å². The van der Waals surface area contributed by atoms with Crippen LogP contribution >= 0.6 is 11.3 Å². The summed E-state index contributed by atoms with van der Waals surface area (Å²) in [5.74, 6) is 1.62. The Morgan fingerprint density at radius 2 is 1.71 bits per heavy atom. The molecular weight excluding hydrogens is 588 g/mol. The van der Waals surface area contributed by atoms with Crippen LogP contribution < -0.4 is 29.1 Å². The number of amides is 1. The maximum Gasteiger partial charge on any atom is 0.271 e. The summed E-state index contributed by atoms with van der Waals surface area (Å²) in [5, 5.41) is 8.99. The molecule has 0 bridgehead atoms. The predicted molar refractivity (Wildman–Crippen MR) is 173 cm³/mol. The topological polar surface area (TPSA) is 106 Å². The molecule has 1 amide bonds. The first kappa shape index (κ1) is 31.3. The molecule has 0 saturated heterocycles. The molecule has 1 aromatic heterocycles. The van der Waals surface area contributed by atoms with E-state index in [0.717, 1.165) is 11.1 Å². The minimum absolute atomic E-state index is 0.179. The number of hydrogen-bond acceptors (Lipinski definition) is 8. The molecule has 10 heteroatoms. The van der Waals surface area contributed by atoms with Crippen LogP contribution in [0.5, 0.6) is 17.2 Å². The van der Waals surface area contributed by atoms with Crippen molar-refractivity contribution in [1.82, 2.24) is 9.47 Å². The first-order chi connectivity index (χ1) is 21.8. The van der Waals surface area contributed by atoms with E-state index in [1.54, 1.807) is 48.0 Å². The maximum absolute atomic E-state index is 14.1. The summed E-state index contributed by atoms with van der Waals surface area (Å²) in [5.41, 5.74) is 3.73. The maximum atomic E-state index is 14.1. The lowest BCUT2D eigenvalue weighted by atomic mass is 9.93. The molecule has 0 fully saturated rings. The lowest BCUT2D eigenvalue weighted by molar-refractivity contribution is -0.127. The second-order valence-electron chi connectivity index (χ2n) is 10.3. The summed E-state index contributed by atoms with van der Waals surface area (Å²) in [6.07, 6.45) is 1.82. The van der Waals surface area contributed by atoms with Crippen LogP contribution in [0.3, 0.4) is 0 Å². The van der Waals surface area contributed by atoms with Gasteiger partial charge in [-0.3, -0.25) is 14.2 Å². The third-order valence-electron chi connectivity index (χ3n) is 7.70. The Morgan fingerprint density at radius 1 is 1.02 bits per heavy atom. The molecule has 1 atom stereocenters. The number of likely N-dealkylation sites (N-methyl/N-ethyl adjacent to an activating group) is 1. The monoisotopic (exact) mass is 622 g/mol. The molecule has 2 heterocycles. The number of rotatable bonds is 10. The van der Waals surface area contributed by atoms with Crippen LogP contribution in [0.2, 0.25) is 0 Å². The zero-order valence-corrected chi connectivity index (χ0v) is 26.7. The molecule has 3 aromatic carbocycles. The van der Waals surface area contributed by atoms with Crippen LogP contribution in [0.1, 0.15) is 49.1 Å². The first-order valence-electron chi connectivity index (χ1n) is 14.6. The highest BCUT2D eigenvalue weighted by molar-refractivity contribution is 7.07. The Balaban J connectivity index is 1.54. The van der Waals surface area contributed by atoms with Crippen LogP contribution in [0.25, 0.3) is 6.08 Å². The molecule has 0 spiro atoms. The average Bonchev–Trinajstić information content (AvgIpc) is 3.37. The molecule has 5 rings (SSSR count). The van der Waals surface area contributed by atoms with Crippen molar-refractivity contribution >= 4 is 23.3 Å². The zero-order chi connectivity index (χ0) is 32.1. The number of benzene rings is 3. The number of nitriles is 1. The van der Waals surface area contributed by atoms with Crippen molar-refractivity contribution < 1.29 is 19.0 Å². The van der Waals surface area contributed by atoms with E-state index in [9.17, 15) is 9.59 Å². The zero-order valence-electron chi connectivity index (χ0n) is 25.9. The number of ether oxygens (including phenoxy) is 3. The molecular formula is C35H34N4O5S. The van der Waals surface area contributed by atoms with Gasteiger partial charge in [0.1, 0.15) is 29.9 Å². The number of allylic oxidation sites excluding steroid dienone is 1. The molecule has 230 valence electrons. The molecule has 0 unspecified atom stereocenters. The van der Waals surface area contributed by atoms with Gasteiger partial charge in [0.05, 0.1) is 41.7 Å². The van der Waals surface area contributed by atoms with Gasteiger partial charge in [0.2, 0.25) is 0 Å². The summed E-state index contributed by atoms with van der Waals surface area (Å²) < 4.78 is 19.2. The third kappa shape index (κ3) is 6.40. The van der Waals surface area contributed by atoms with Crippen molar-refractivity contribution in [2.45, 2.75) is 33.4 Å². The Kier molecular flexibility index (Phi) is 9.50. The van der Waals surface area contributed by atoms with Gasteiger partial charge in [-0.15, -0.1) is 0 Å². The van der Waals surface area contributed by atoms with E-state index in [1.807, 2.05) is 69.3 Å². The number of fused-ring (bicyclic) bond motifs is 1. The third-order valence-corrected chi connectivity index (χ3v) is 8.68. The normalized spacial score (nSPS) is 14.3. The number of carbonyl (C=O) groups excluding carboxylic acids is 1. The Labute approximate surface area is 265 Å². The predicted octanol–water partition coefficient (Wildman–Crippen LogP) is 4.57. The summed E-state index contributed by atoms with van der Waals surface area (Å²) in [6.45, 7) is 7.07. The fraction of sp³-hybridized carbons (Fsp3) is 0.257. The van der Waals surface area contributed by atoms with Crippen LogP contribution in [0.4, 0.5) is 0 Å². The molecule has 1 aliphatic heterocycles. The Morgan fingerprint density at radius 3 is 2.33 bits per heavy atom. The number of hydrogen-bond donors (Lipinski definition) is 0. The highest BCUT2D eigenvalue weighted by atomic mass is 32.1. The SMILES string of the molecule is CCN(CC)C(=O)C1=C(C)N=c2s/c(=C/c3ccc(OCc4ccc(C#N)cc4)cc3)c(=O)n2[C@H]1c1cc(OC)ccc1OC. The van der Waals surface area contributed by atoms with Crippen molar-refractivity contribution in [2.75, 3.05) is 27.3 Å². The van der Waals surface area contributed by atoms with Crippen LogP contribution in [-0.2, 0) is 11.4 Å². The lowest BCUT2D eigenvalue weighted by Crippen LogP contribution is -2.43. The number of nitrogens with zero attached hydrogens (tertiary/aromatic N) is 4. The smallest absolute Gasteiger partial charge is 0.271 e. The van der Waals surface area contributed by atoms with Gasteiger partial charge in [-0.05, 0) is 80.4 Å². The highest BCUT2D eigenvalue weighted by Crippen LogP contribution is 2.38. The highest BCUT2D eigenvalue weighted by Gasteiger charge is 2.36. The van der Waals surface area contributed by atoms with E-state index in [4.69, 9.17) is 24.5 Å². The standard InChI is InChI=1S/C35H34N4O5S/c1-6-38(7-2)34(41)31-22(3)37-35-39(32(31)28-19-27(42-4)16-17-29(28)43-5)33(40)30(45-35)18-23-12-14-26(15-13-23)44-21-25-10-8-24(20-36)9-11-25/h8-19,32H,6-7,21H2,1-5H3/b30-18+/t32-/m0/s1. The van der Waals surface area contributed by atoms with Gasteiger partial charge < -0.3 is 19.1 Å². The average molecular weight is 623 g/mol. The van der Waals surface area contributed by atoms with E-state index in [1.165, 1.54) is 11.3 Å². The Bertz CT molecular complexity index is 1960. The van der Waals surface area contributed by atoms with E-state index in [0.29, 0.717) is 68.7 Å². The number of carbonyl (C=O) groups is 1. The fourth-order valence-corrected chi connectivity index (χ4v) is 6.32. The number of aromatic nitrogens is 1. The van der Waals surface area contributed by atoms with E-state index in [2.05, 4.69) is 6.07 Å². The fourth-order valence-electron chi connectivity index (χ4n) is 5.28. The molecule has 4 aromatic rings. The summed E-state index contributed by atoms with van der Waals surface area (Å²) >= 11 is 1.27. The molecule has 1 aliphatic rings. The van der Waals surface area contributed by atoms with E-state index < -0.39 is 6.04 Å². The van der Waals surface area contributed by atoms with Crippen molar-refractivity contribution in [2.24, 2.45) is 4.99 Å². The molecule has 0 N–H and O–H groups in total. The van der Waals surface area contributed by atoms with Crippen LogP contribution in [0.15, 0.2) is 87.8 Å². The second-order valence-corrected chi connectivity index (χ2v) is 11.3. The molecule has 0 radical (unpaired) electrons. The molecule has 0 aliphatic carbocycles. The van der Waals surface area contributed by atoms with Crippen molar-refractivity contribution in [3.8, 4) is 23.3 Å². The van der Waals surface area contributed by atoms with E-state index in [-0.39, 0.29) is 11.5 Å². The molecule has 45 heavy (non-hydrogen) atoms. The van der Waals surface area contributed by atoms with Gasteiger partial charge in [0, 0.05) is 18.7 Å². The quantitative estimate of drug-likeness (QED) is 0.257. The minimum Gasteiger partial charge on any atom is -0.497 e. The summed E-state index contributed by atoms with van der Waals surface area (Å²) in [7, 11) is 3.14. The minimum atomic E-state index is -0.764. The van der Waals surface area contributed by atoms with Crippen molar-refractivity contribution in [3.63, 3.8) is 0 Å². The van der Waals surface area contributed by atoms with Gasteiger partial charge in [0.25, 0.3) is 11.5 Å². The van der Waals surface area contributed by atoms with Crippen molar-refractivity contribution in [1.29, 1.82) is 5.26 Å². The van der Waals surface area contributed by atoms with E-state index >= 15 is 0 Å². The first-order valence-corrected chi connectivity index (χ1v) is 15.4. The molecule has 0 saturated carbocycles. The lowest BCUT2D eigenvalue weighted by Gasteiger charge is -2.30. The second kappa shape index (κ2) is 13.7. The van der Waals surface area contributed by atoms with Crippen LogP contribution in [0, 0.1) is 11.3 Å². The Hall–Kier alpha value is -5.14. The van der Waals surface area contributed by atoms with Gasteiger partial charge in [-0.1, -0.05) is 35.6 Å². The van der Waals surface area contributed by atoms with Gasteiger partial charge >= 0.3 is 0 Å². The number of methoxy groups -OCH3 is 2. The largest absolute Gasteiger partial charge is 0.497 e. The van der Waals surface area contributed by atoms with Gasteiger partial charge in [-0.2, -0.15) is 5.26 Å². The van der Waals surface area contributed by atoms with Crippen LogP contribution in [-0.4, -0.2) is 42.7 Å². The number of thiazole rings is 1. The summed E-state index contributed by atoms with van der Waals surface area (Å²) in [6, 6.07) is 21.4. The van der Waals surface area contributed by atoms with Crippen molar-refractivity contribution in [3.05, 3.63) is 120 Å². The summed E-state index contributed by atoms with van der Waals surface area (Å²) in [4.78, 5) is 35.0. The molecule has 9 nitrogen and oxygen atoms in total.